The average Bonchev–Trinajstić information content (AvgIpc) is 3.35. The quantitative estimate of drug-likeness (QED) is 0.124. The number of carbonyl (C=O) groups excluding carboxylic acids is 3. The Hall–Kier alpha value is -1.58. The van der Waals surface area contributed by atoms with Crippen molar-refractivity contribution in [1.82, 2.24) is 10.3 Å². The molecule has 0 spiro atoms. The Bertz CT molecular complexity index is 962. The van der Waals surface area contributed by atoms with E-state index in [0.717, 1.165) is 68.7 Å². The molecule has 1 saturated carbocycles. The zero-order valence-corrected chi connectivity index (χ0v) is 28.8. The van der Waals surface area contributed by atoms with Gasteiger partial charge in [-0.25, -0.2) is 9.78 Å². The van der Waals surface area contributed by atoms with Crippen LogP contribution in [-0.4, -0.2) is 50.7 Å². The Morgan fingerprint density at radius 1 is 1.07 bits per heavy atom. The number of carbonyl (C=O) groups is 3. The molecule has 0 unspecified atom stereocenters. The van der Waals surface area contributed by atoms with Gasteiger partial charge in [0.1, 0.15) is 17.5 Å². The van der Waals surface area contributed by atoms with Crippen molar-refractivity contribution in [2.75, 3.05) is 13.7 Å². The molecule has 1 aliphatic rings. The van der Waals surface area contributed by atoms with Crippen LogP contribution in [0.15, 0.2) is 5.38 Å². The van der Waals surface area contributed by atoms with Gasteiger partial charge in [0.15, 0.2) is 8.32 Å². The number of nitrogens with zero attached hydrogens (tertiary/aromatic N) is 1. The summed E-state index contributed by atoms with van der Waals surface area (Å²) in [5.74, 6) is 1.07. The van der Waals surface area contributed by atoms with E-state index in [1.807, 2.05) is 0 Å². The number of hydrogen-bond donors (Lipinski definition) is 1. The Morgan fingerprint density at radius 2 is 1.73 bits per heavy atom. The second kappa shape index (κ2) is 16.9. The highest BCUT2D eigenvalue weighted by molar-refractivity contribution is 7.09. The highest BCUT2D eigenvalue weighted by Gasteiger charge is 2.38. The number of aromatic nitrogens is 1. The topological polar surface area (TPSA) is 94.6 Å². The summed E-state index contributed by atoms with van der Waals surface area (Å²) in [5.41, 5.74) is 0.330. The number of methoxy groups -OCH3 is 1. The predicted molar refractivity (Wildman–Crippen MR) is 170 cm³/mol. The number of rotatable bonds is 15. The number of ketones is 1. The summed E-state index contributed by atoms with van der Waals surface area (Å²) >= 11 is 1.50. The van der Waals surface area contributed by atoms with Crippen LogP contribution in [0.2, 0.25) is 18.1 Å². The number of amides is 1. The summed E-state index contributed by atoms with van der Waals surface area (Å²) in [4.78, 5) is 42.8. The number of unbranched alkanes of at least 4 members (excludes halogenated alkanes) is 2. The van der Waals surface area contributed by atoms with Crippen LogP contribution in [0.4, 0.5) is 0 Å². The van der Waals surface area contributed by atoms with Gasteiger partial charge in [0.2, 0.25) is 0 Å². The standard InChI is InChI=1S/C32H56N2O5SSi/c1-23(2)14-10-9-11-19-28(35)25-17-12-15-24(16-13-18-25)20-29-33-27(22-40-29)30(36)34-26(31(37)38-6)21-39-41(7,8)32(3,4)5/h22-26H,9-21H2,1-8H3,(H,34,36)/t24?,25?,26-/m0/s1. The third kappa shape index (κ3) is 12.3. The summed E-state index contributed by atoms with van der Waals surface area (Å²) in [6, 6.07) is -0.881. The number of Topliss-reactive ketones (excluding diaryl/α,β-unsaturated/α-hetero) is 1. The first kappa shape index (κ1) is 35.6. The summed E-state index contributed by atoms with van der Waals surface area (Å²) in [6.07, 6.45) is 12.6. The highest BCUT2D eigenvalue weighted by Crippen LogP contribution is 2.36. The van der Waals surface area contributed by atoms with Gasteiger partial charge in [-0.15, -0.1) is 11.3 Å². The van der Waals surface area contributed by atoms with Crippen LogP contribution in [0.3, 0.4) is 0 Å². The van der Waals surface area contributed by atoms with E-state index in [1.54, 1.807) is 5.38 Å². The number of hydrogen-bond acceptors (Lipinski definition) is 7. The lowest BCUT2D eigenvalue weighted by atomic mass is 9.82. The smallest absolute Gasteiger partial charge is 0.330 e. The molecule has 1 amide bonds. The molecule has 9 heteroatoms. The molecule has 1 aliphatic carbocycles. The monoisotopic (exact) mass is 608 g/mol. The minimum absolute atomic E-state index is 0.0121. The second-order valence-electron chi connectivity index (χ2n) is 13.8. The molecule has 0 bridgehead atoms. The van der Waals surface area contributed by atoms with Gasteiger partial charge in [0.25, 0.3) is 5.91 Å². The molecular weight excluding hydrogens is 553 g/mol. The molecule has 41 heavy (non-hydrogen) atoms. The molecule has 1 heterocycles. The van der Waals surface area contributed by atoms with Gasteiger partial charge >= 0.3 is 5.97 Å². The Morgan fingerprint density at radius 3 is 2.32 bits per heavy atom. The maximum Gasteiger partial charge on any atom is 0.330 e. The maximum absolute atomic E-state index is 13.0. The van der Waals surface area contributed by atoms with Crippen LogP contribution >= 0.6 is 11.3 Å². The predicted octanol–water partition coefficient (Wildman–Crippen LogP) is 7.74. The van der Waals surface area contributed by atoms with Gasteiger partial charge in [0, 0.05) is 24.1 Å². The number of nitrogens with one attached hydrogen (secondary N) is 1. The summed E-state index contributed by atoms with van der Waals surface area (Å²) < 4.78 is 11.1. The van der Waals surface area contributed by atoms with E-state index in [-0.39, 0.29) is 23.5 Å². The van der Waals surface area contributed by atoms with Gasteiger partial charge in [-0.1, -0.05) is 79.6 Å². The van der Waals surface area contributed by atoms with E-state index in [0.29, 0.717) is 17.4 Å². The summed E-state index contributed by atoms with van der Waals surface area (Å²) in [6.45, 7) is 15.2. The fourth-order valence-electron chi connectivity index (χ4n) is 5.16. The Balaban J connectivity index is 1.83. The molecule has 1 N–H and O–H groups in total. The van der Waals surface area contributed by atoms with Crippen molar-refractivity contribution in [2.45, 2.75) is 136 Å². The Kier molecular flexibility index (Phi) is 14.7. The third-order valence-electron chi connectivity index (χ3n) is 8.95. The molecule has 0 aliphatic heterocycles. The van der Waals surface area contributed by atoms with Crippen LogP contribution < -0.4 is 5.32 Å². The Labute approximate surface area is 254 Å². The van der Waals surface area contributed by atoms with Crippen LogP contribution in [0, 0.1) is 17.8 Å². The summed E-state index contributed by atoms with van der Waals surface area (Å²) in [5, 5.41) is 5.49. The van der Waals surface area contributed by atoms with Crippen LogP contribution in [0.1, 0.15) is 121 Å². The van der Waals surface area contributed by atoms with Gasteiger partial charge in [-0.3, -0.25) is 9.59 Å². The highest BCUT2D eigenvalue weighted by atomic mass is 32.1. The van der Waals surface area contributed by atoms with Crippen molar-refractivity contribution in [3.8, 4) is 0 Å². The lowest BCUT2D eigenvalue weighted by molar-refractivity contribution is -0.143. The van der Waals surface area contributed by atoms with E-state index >= 15 is 0 Å². The van der Waals surface area contributed by atoms with Crippen LogP contribution in [-0.2, 0) is 25.2 Å². The van der Waals surface area contributed by atoms with Gasteiger partial charge in [-0.05, 0) is 49.2 Å². The lowest BCUT2D eigenvalue weighted by Gasteiger charge is -2.37. The molecule has 1 fully saturated rings. The van der Waals surface area contributed by atoms with Crippen molar-refractivity contribution in [2.24, 2.45) is 17.8 Å². The van der Waals surface area contributed by atoms with Crippen molar-refractivity contribution in [3.05, 3.63) is 16.1 Å². The molecule has 0 aromatic carbocycles. The molecule has 0 radical (unpaired) electrons. The van der Waals surface area contributed by atoms with Crippen LogP contribution in [0.25, 0.3) is 0 Å². The summed E-state index contributed by atoms with van der Waals surface area (Å²) in [7, 11) is -0.784. The number of thiazole rings is 1. The van der Waals surface area contributed by atoms with Gasteiger partial charge in [0.05, 0.1) is 18.7 Å². The van der Waals surface area contributed by atoms with Crippen molar-refractivity contribution >= 4 is 37.3 Å². The largest absolute Gasteiger partial charge is 0.467 e. The van der Waals surface area contributed by atoms with E-state index in [1.165, 1.54) is 37.7 Å². The van der Waals surface area contributed by atoms with E-state index < -0.39 is 20.3 Å². The van der Waals surface area contributed by atoms with Crippen molar-refractivity contribution < 1.29 is 23.5 Å². The van der Waals surface area contributed by atoms with E-state index in [4.69, 9.17) is 9.16 Å². The molecule has 0 saturated heterocycles. The fourth-order valence-corrected chi connectivity index (χ4v) is 7.07. The first-order valence-corrected chi connectivity index (χ1v) is 19.5. The molecule has 7 nitrogen and oxygen atoms in total. The fraction of sp³-hybridized carbons (Fsp3) is 0.812. The minimum atomic E-state index is -2.10. The zero-order chi connectivity index (χ0) is 30.6. The average molecular weight is 609 g/mol. The third-order valence-corrected chi connectivity index (χ3v) is 14.3. The van der Waals surface area contributed by atoms with Crippen molar-refractivity contribution in [1.29, 1.82) is 0 Å². The van der Waals surface area contributed by atoms with Gasteiger partial charge in [-0.2, -0.15) is 0 Å². The molecule has 1 atom stereocenters. The molecule has 1 aromatic rings. The normalized spacial score (nSPS) is 19.3. The van der Waals surface area contributed by atoms with E-state index in [9.17, 15) is 14.4 Å². The molecule has 1 aromatic heterocycles. The second-order valence-corrected chi connectivity index (χ2v) is 19.6. The lowest BCUT2D eigenvalue weighted by Crippen LogP contribution is -2.49. The first-order chi connectivity index (χ1) is 19.2. The SMILES string of the molecule is COC(=O)[C@H](CO[Si](C)(C)C(C)(C)C)NC(=O)c1csc(CC2CCCC(C(=O)CCCCCC(C)C)CCC2)n1. The van der Waals surface area contributed by atoms with Crippen molar-refractivity contribution in [3.63, 3.8) is 0 Å². The molecule has 2 rings (SSSR count). The molecular formula is C32H56N2O5SSi. The minimum Gasteiger partial charge on any atom is -0.467 e. The van der Waals surface area contributed by atoms with E-state index in [2.05, 4.69) is 58.0 Å². The maximum atomic E-state index is 13.0. The molecule has 234 valence electrons. The van der Waals surface area contributed by atoms with Gasteiger partial charge < -0.3 is 14.5 Å². The van der Waals surface area contributed by atoms with Crippen LogP contribution in [0.5, 0.6) is 0 Å². The zero-order valence-electron chi connectivity index (χ0n) is 27.0. The number of esters is 1. The first-order valence-electron chi connectivity index (χ1n) is 15.7. The number of ether oxygens (including phenoxy) is 1.